The molecule has 0 N–H and O–H groups in total. The predicted octanol–water partition coefficient (Wildman–Crippen LogP) is 2.48. The van der Waals surface area contributed by atoms with Gasteiger partial charge >= 0.3 is 0 Å². The van der Waals surface area contributed by atoms with Gasteiger partial charge in [-0.2, -0.15) is 0 Å². The summed E-state index contributed by atoms with van der Waals surface area (Å²) in [4.78, 5) is 2.29. The fourth-order valence-electron chi connectivity index (χ4n) is 1.63. The van der Waals surface area contributed by atoms with Crippen LogP contribution in [0.5, 0.6) is 0 Å². The Hall–Kier alpha value is -0.640. The summed E-state index contributed by atoms with van der Waals surface area (Å²) in [6, 6.07) is 0.720. The predicted molar refractivity (Wildman–Crippen MR) is 59.9 cm³/mol. The third-order valence-electron chi connectivity index (χ3n) is 2.84. The molecule has 0 radical (unpaired) electrons. The molecule has 0 amide bonds. The summed E-state index contributed by atoms with van der Waals surface area (Å²) in [5, 5.41) is 10.7. The van der Waals surface area contributed by atoms with Crippen LogP contribution in [0.4, 0.5) is 5.13 Å². The molecule has 0 unspecified atom stereocenters. The first kappa shape index (κ1) is 9.90. The first-order valence-electron chi connectivity index (χ1n) is 5.36. The van der Waals surface area contributed by atoms with Gasteiger partial charge in [0.2, 0.25) is 5.13 Å². The van der Waals surface area contributed by atoms with Gasteiger partial charge in [0.05, 0.1) is 0 Å². The molecule has 1 aliphatic rings. The van der Waals surface area contributed by atoms with Crippen LogP contribution >= 0.6 is 11.3 Å². The SMILES string of the molecule is CCCc1nnc(N(C)C2CCC2)s1. The van der Waals surface area contributed by atoms with E-state index < -0.39 is 0 Å². The van der Waals surface area contributed by atoms with Crippen LogP contribution in [-0.2, 0) is 6.42 Å². The molecule has 1 fully saturated rings. The number of rotatable bonds is 4. The average Bonchev–Trinajstić information content (AvgIpc) is 2.50. The van der Waals surface area contributed by atoms with Gasteiger partial charge < -0.3 is 4.90 Å². The standard InChI is InChI=1S/C10H17N3S/c1-3-5-9-11-12-10(14-9)13(2)8-6-4-7-8/h8H,3-7H2,1-2H3. The Bertz CT molecular complexity index is 293. The maximum Gasteiger partial charge on any atom is 0.208 e. The summed E-state index contributed by atoms with van der Waals surface area (Å²) in [7, 11) is 2.14. The molecule has 0 spiro atoms. The highest BCUT2D eigenvalue weighted by Gasteiger charge is 2.24. The summed E-state index contributed by atoms with van der Waals surface area (Å²) >= 11 is 1.75. The molecule has 78 valence electrons. The highest BCUT2D eigenvalue weighted by molar-refractivity contribution is 7.15. The number of aryl methyl sites for hydroxylation is 1. The molecule has 1 saturated carbocycles. The van der Waals surface area contributed by atoms with Crippen molar-refractivity contribution in [3.05, 3.63) is 5.01 Å². The summed E-state index contributed by atoms with van der Waals surface area (Å²) in [6.07, 6.45) is 6.23. The van der Waals surface area contributed by atoms with Crippen molar-refractivity contribution in [3.63, 3.8) is 0 Å². The Morgan fingerprint density at radius 1 is 1.43 bits per heavy atom. The second-order valence-electron chi connectivity index (χ2n) is 3.92. The van der Waals surface area contributed by atoms with E-state index >= 15 is 0 Å². The van der Waals surface area contributed by atoms with Crippen molar-refractivity contribution in [2.24, 2.45) is 0 Å². The average molecular weight is 211 g/mol. The van der Waals surface area contributed by atoms with Gasteiger partial charge in [-0.25, -0.2) is 0 Å². The molecule has 2 rings (SSSR count). The van der Waals surface area contributed by atoms with E-state index in [1.54, 1.807) is 11.3 Å². The summed E-state index contributed by atoms with van der Waals surface area (Å²) < 4.78 is 0. The van der Waals surface area contributed by atoms with Gasteiger partial charge in [-0.1, -0.05) is 18.3 Å². The van der Waals surface area contributed by atoms with E-state index in [-0.39, 0.29) is 0 Å². The van der Waals surface area contributed by atoms with Crippen LogP contribution in [0, 0.1) is 0 Å². The van der Waals surface area contributed by atoms with Crippen molar-refractivity contribution in [2.45, 2.75) is 45.1 Å². The van der Waals surface area contributed by atoms with Crippen LogP contribution in [0.25, 0.3) is 0 Å². The van der Waals surface area contributed by atoms with Crippen molar-refractivity contribution in [1.82, 2.24) is 10.2 Å². The molecular formula is C10H17N3S. The maximum atomic E-state index is 4.23. The largest absolute Gasteiger partial charge is 0.347 e. The molecule has 0 bridgehead atoms. The van der Waals surface area contributed by atoms with Crippen LogP contribution < -0.4 is 4.90 Å². The second kappa shape index (κ2) is 4.26. The lowest BCUT2D eigenvalue weighted by molar-refractivity contribution is 0.400. The zero-order chi connectivity index (χ0) is 9.97. The van der Waals surface area contributed by atoms with E-state index in [9.17, 15) is 0 Å². The van der Waals surface area contributed by atoms with E-state index in [0.29, 0.717) is 0 Å². The summed E-state index contributed by atoms with van der Waals surface area (Å²) in [5.41, 5.74) is 0. The molecular weight excluding hydrogens is 194 g/mol. The third-order valence-corrected chi connectivity index (χ3v) is 3.92. The Balaban J connectivity index is 2.00. The molecule has 0 aliphatic heterocycles. The molecule has 4 heteroatoms. The van der Waals surface area contributed by atoms with E-state index in [2.05, 4.69) is 29.1 Å². The van der Waals surface area contributed by atoms with Crippen molar-refractivity contribution in [1.29, 1.82) is 0 Å². The molecule has 14 heavy (non-hydrogen) atoms. The molecule has 1 aliphatic carbocycles. The Labute approximate surface area is 89.2 Å². The van der Waals surface area contributed by atoms with E-state index in [4.69, 9.17) is 0 Å². The number of aromatic nitrogens is 2. The van der Waals surface area contributed by atoms with Gasteiger partial charge in [-0.3, -0.25) is 0 Å². The highest BCUT2D eigenvalue weighted by atomic mass is 32.1. The topological polar surface area (TPSA) is 29.0 Å². The zero-order valence-electron chi connectivity index (χ0n) is 8.86. The van der Waals surface area contributed by atoms with Gasteiger partial charge in [0.1, 0.15) is 5.01 Å². The first-order chi connectivity index (χ1) is 6.81. The van der Waals surface area contributed by atoms with Crippen molar-refractivity contribution < 1.29 is 0 Å². The number of hydrogen-bond donors (Lipinski definition) is 0. The smallest absolute Gasteiger partial charge is 0.208 e. The molecule has 0 aromatic carbocycles. The second-order valence-corrected chi connectivity index (χ2v) is 4.96. The number of hydrogen-bond acceptors (Lipinski definition) is 4. The van der Waals surface area contributed by atoms with Crippen LogP contribution in [0.1, 0.15) is 37.6 Å². The van der Waals surface area contributed by atoms with Crippen LogP contribution in [0.3, 0.4) is 0 Å². The van der Waals surface area contributed by atoms with Crippen molar-refractivity contribution in [2.75, 3.05) is 11.9 Å². The monoisotopic (exact) mass is 211 g/mol. The minimum Gasteiger partial charge on any atom is -0.347 e. The fraction of sp³-hybridized carbons (Fsp3) is 0.800. The van der Waals surface area contributed by atoms with Gasteiger partial charge in [0, 0.05) is 19.5 Å². The molecule has 1 heterocycles. The highest BCUT2D eigenvalue weighted by Crippen LogP contribution is 2.30. The quantitative estimate of drug-likeness (QED) is 0.766. The molecule has 0 atom stereocenters. The first-order valence-corrected chi connectivity index (χ1v) is 6.18. The lowest BCUT2D eigenvalue weighted by Gasteiger charge is -2.34. The van der Waals surface area contributed by atoms with Crippen LogP contribution in [-0.4, -0.2) is 23.3 Å². The Morgan fingerprint density at radius 3 is 2.79 bits per heavy atom. The Morgan fingerprint density at radius 2 is 2.21 bits per heavy atom. The molecule has 1 aromatic rings. The third kappa shape index (κ3) is 1.90. The maximum absolute atomic E-state index is 4.23. The van der Waals surface area contributed by atoms with E-state index in [1.165, 1.54) is 24.3 Å². The number of nitrogens with zero attached hydrogens (tertiary/aromatic N) is 3. The normalized spacial score (nSPS) is 16.7. The minimum absolute atomic E-state index is 0.720. The number of anilines is 1. The molecule has 1 aromatic heterocycles. The summed E-state index contributed by atoms with van der Waals surface area (Å²) in [6.45, 7) is 2.18. The zero-order valence-corrected chi connectivity index (χ0v) is 9.68. The van der Waals surface area contributed by atoms with Crippen LogP contribution in [0.15, 0.2) is 0 Å². The Kier molecular flexibility index (Phi) is 3.01. The van der Waals surface area contributed by atoms with Crippen molar-refractivity contribution in [3.8, 4) is 0 Å². The van der Waals surface area contributed by atoms with E-state index in [1.807, 2.05) is 0 Å². The molecule has 0 saturated heterocycles. The van der Waals surface area contributed by atoms with Gasteiger partial charge in [0.25, 0.3) is 0 Å². The van der Waals surface area contributed by atoms with Gasteiger partial charge in [0.15, 0.2) is 0 Å². The van der Waals surface area contributed by atoms with E-state index in [0.717, 1.165) is 24.0 Å². The molecule has 3 nitrogen and oxygen atoms in total. The summed E-state index contributed by atoms with van der Waals surface area (Å²) in [5.74, 6) is 0. The van der Waals surface area contributed by atoms with Crippen LogP contribution in [0.2, 0.25) is 0 Å². The fourth-order valence-corrected chi connectivity index (χ4v) is 2.61. The van der Waals surface area contributed by atoms with Gasteiger partial charge in [-0.05, 0) is 25.7 Å². The van der Waals surface area contributed by atoms with Crippen molar-refractivity contribution >= 4 is 16.5 Å². The minimum atomic E-state index is 0.720. The van der Waals surface area contributed by atoms with Gasteiger partial charge in [-0.15, -0.1) is 10.2 Å². The lowest BCUT2D eigenvalue weighted by atomic mass is 9.92. The lowest BCUT2D eigenvalue weighted by Crippen LogP contribution is -2.36.